The summed E-state index contributed by atoms with van der Waals surface area (Å²) in [5, 5.41) is 16.5. The molecule has 4 aliphatic heterocycles. The van der Waals surface area contributed by atoms with E-state index in [0.29, 0.717) is 25.9 Å². The van der Waals surface area contributed by atoms with Gasteiger partial charge < -0.3 is 25.2 Å². The van der Waals surface area contributed by atoms with Crippen LogP contribution in [0.4, 0.5) is 0 Å². The number of carbonyl (C=O) groups is 3. The van der Waals surface area contributed by atoms with Gasteiger partial charge in [0.15, 0.2) is 0 Å². The minimum atomic E-state index is -2.06. The zero-order valence-electron chi connectivity index (χ0n) is 25.9. The van der Waals surface area contributed by atoms with E-state index in [2.05, 4.69) is 41.8 Å². The maximum atomic E-state index is 14.6. The van der Waals surface area contributed by atoms with Gasteiger partial charge in [0.05, 0.1) is 13.6 Å². The summed E-state index contributed by atoms with van der Waals surface area (Å²) in [6, 6.07) is 14.3. The van der Waals surface area contributed by atoms with Crippen LogP contribution in [0, 0.1) is 11.8 Å². The van der Waals surface area contributed by atoms with E-state index >= 15 is 0 Å². The van der Waals surface area contributed by atoms with Crippen LogP contribution >= 0.6 is 0 Å². The Morgan fingerprint density at radius 3 is 2.76 bits per heavy atom. The Bertz CT molecular complexity index is 1750. The molecular formula is C35H40N5O5+. The average Bonchev–Trinajstić information content (AvgIpc) is 3.74. The number of piperazine rings is 1. The third-order valence-corrected chi connectivity index (χ3v) is 10.9. The van der Waals surface area contributed by atoms with Gasteiger partial charge in [-0.05, 0) is 35.6 Å². The van der Waals surface area contributed by atoms with Gasteiger partial charge in [-0.3, -0.25) is 24.0 Å². The van der Waals surface area contributed by atoms with Crippen molar-refractivity contribution in [1.29, 1.82) is 0 Å². The smallest absolute Gasteiger partial charge is 0.281 e. The predicted molar refractivity (Wildman–Crippen MR) is 166 cm³/mol. The SMILES string of the molecule is CC(C)[C@]1(NC(=O)[C@H]2C=C3c4cccc5[nH]cc(c45)C[C@H]3[NH+](C)C2)O[C@@]2(O)[C@H]3CCCN3C(=O)[C@H](Cc3ccccc3)N2C1=O. The number of hydrogen-bond acceptors (Lipinski definition) is 5. The van der Waals surface area contributed by atoms with Crippen molar-refractivity contribution in [2.24, 2.45) is 11.8 Å². The molecule has 1 unspecified atom stereocenters. The summed E-state index contributed by atoms with van der Waals surface area (Å²) in [6.45, 7) is 4.66. The molecule has 8 rings (SSSR count). The quantitative estimate of drug-likeness (QED) is 0.347. The van der Waals surface area contributed by atoms with E-state index in [1.807, 2.05) is 50.2 Å². The van der Waals surface area contributed by atoms with Crippen LogP contribution in [0.5, 0.6) is 0 Å². The lowest BCUT2D eigenvalue weighted by Crippen LogP contribution is -3.15. The fraction of sp³-hybridized carbons (Fsp3) is 0.457. The third-order valence-electron chi connectivity index (χ3n) is 10.9. The summed E-state index contributed by atoms with van der Waals surface area (Å²) in [7, 11) is 2.11. The molecule has 2 aromatic carbocycles. The normalized spacial score (nSPS) is 33.7. The number of amides is 3. The fourth-order valence-electron chi connectivity index (χ4n) is 8.60. The van der Waals surface area contributed by atoms with E-state index in [0.717, 1.165) is 28.6 Å². The molecule has 5 heterocycles. The van der Waals surface area contributed by atoms with Crippen molar-refractivity contribution in [3.63, 3.8) is 0 Å². The van der Waals surface area contributed by atoms with Crippen molar-refractivity contribution in [2.45, 2.75) is 69.3 Å². The summed E-state index contributed by atoms with van der Waals surface area (Å²) >= 11 is 0. The molecule has 10 nitrogen and oxygen atoms in total. The first-order chi connectivity index (χ1) is 21.6. The van der Waals surface area contributed by atoms with Crippen LogP contribution in [0.25, 0.3) is 16.5 Å². The van der Waals surface area contributed by atoms with Crippen LogP contribution in [-0.4, -0.2) is 87.5 Å². The number of nitrogens with zero attached hydrogens (tertiary/aromatic N) is 2. The van der Waals surface area contributed by atoms with Gasteiger partial charge >= 0.3 is 0 Å². The number of H-pyrrole nitrogens is 1. The highest BCUT2D eigenvalue weighted by Gasteiger charge is 2.72. The van der Waals surface area contributed by atoms with Crippen LogP contribution in [0.15, 0.2) is 60.8 Å². The van der Waals surface area contributed by atoms with Gasteiger partial charge in [-0.1, -0.05) is 62.4 Å². The predicted octanol–water partition coefficient (Wildman–Crippen LogP) is 1.21. The Kier molecular flexibility index (Phi) is 6.33. The van der Waals surface area contributed by atoms with Crippen LogP contribution in [-0.2, 0) is 32.0 Å². The number of nitrogens with one attached hydrogen (secondary N) is 3. The number of likely N-dealkylation sites (N-methyl/N-ethyl adjacent to an activating group) is 1. The van der Waals surface area contributed by atoms with Gasteiger partial charge in [-0.25, -0.2) is 0 Å². The van der Waals surface area contributed by atoms with E-state index in [1.165, 1.54) is 20.7 Å². The molecule has 45 heavy (non-hydrogen) atoms. The van der Waals surface area contributed by atoms with Crippen LogP contribution in [0.2, 0.25) is 0 Å². The fourth-order valence-corrected chi connectivity index (χ4v) is 8.60. The number of hydrogen-bond donors (Lipinski definition) is 4. The van der Waals surface area contributed by atoms with E-state index in [4.69, 9.17) is 4.74 Å². The van der Waals surface area contributed by atoms with Crippen molar-refractivity contribution < 1.29 is 29.1 Å². The van der Waals surface area contributed by atoms with Gasteiger partial charge in [0.25, 0.3) is 11.8 Å². The summed E-state index contributed by atoms with van der Waals surface area (Å²) < 4.78 is 6.50. The first-order valence-corrected chi connectivity index (χ1v) is 16.2. The molecule has 3 saturated heterocycles. The molecule has 5 aliphatic rings. The number of fused-ring (bicyclic) bond motifs is 5. The first-order valence-electron chi connectivity index (χ1n) is 16.2. The monoisotopic (exact) mass is 610 g/mol. The average molecular weight is 611 g/mol. The molecule has 1 aliphatic carbocycles. The van der Waals surface area contributed by atoms with Crippen molar-refractivity contribution in [3.8, 4) is 0 Å². The first kappa shape index (κ1) is 28.5. The second-order valence-corrected chi connectivity index (χ2v) is 13.8. The molecule has 234 valence electrons. The Labute approximate surface area is 262 Å². The number of benzene rings is 2. The lowest BCUT2D eigenvalue weighted by atomic mass is 9.79. The molecule has 0 radical (unpaired) electrons. The van der Waals surface area contributed by atoms with Crippen molar-refractivity contribution >= 4 is 34.2 Å². The topological polar surface area (TPSA) is 119 Å². The van der Waals surface area contributed by atoms with Gasteiger partial charge in [-0.2, -0.15) is 0 Å². The minimum absolute atomic E-state index is 0.197. The molecule has 0 spiro atoms. The third kappa shape index (κ3) is 4.01. The number of quaternary nitrogens is 1. The van der Waals surface area contributed by atoms with E-state index in [1.54, 1.807) is 4.90 Å². The Balaban J connectivity index is 1.15. The van der Waals surface area contributed by atoms with Gasteiger partial charge in [0, 0.05) is 48.0 Å². The maximum Gasteiger partial charge on any atom is 0.281 e. The molecule has 7 atom stereocenters. The molecule has 4 N–H and O–H groups in total. The number of rotatable bonds is 5. The second-order valence-electron chi connectivity index (χ2n) is 13.8. The summed E-state index contributed by atoms with van der Waals surface area (Å²) in [5.74, 6) is -4.19. The van der Waals surface area contributed by atoms with E-state index < -0.39 is 41.5 Å². The number of aromatic nitrogens is 1. The van der Waals surface area contributed by atoms with Crippen molar-refractivity contribution in [3.05, 3.63) is 77.5 Å². The summed E-state index contributed by atoms with van der Waals surface area (Å²) in [5.41, 5.74) is 3.69. The van der Waals surface area contributed by atoms with Crippen LogP contribution in [0.3, 0.4) is 0 Å². The summed E-state index contributed by atoms with van der Waals surface area (Å²) in [4.78, 5) is 50.3. The highest BCUT2D eigenvalue weighted by atomic mass is 16.7. The number of carbonyl (C=O) groups excluding carboxylic acids is 3. The highest BCUT2D eigenvalue weighted by molar-refractivity contribution is 6.00. The molecule has 3 aromatic rings. The molecule has 3 fully saturated rings. The maximum absolute atomic E-state index is 14.6. The molecule has 3 amide bonds. The number of aliphatic hydroxyl groups is 1. The van der Waals surface area contributed by atoms with Crippen molar-refractivity contribution in [2.75, 3.05) is 20.1 Å². The molecular weight excluding hydrogens is 570 g/mol. The zero-order valence-corrected chi connectivity index (χ0v) is 25.9. The highest BCUT2D eigenvalue weighted by Crippen LogP contribution is 2.48. The van der Waals surface area contributed by atoms with E-state index in [9.17, 15) is 19.5 Å². The standard InChI is InChI=1S/C35H39N5O5/c1-20(2)34(37-31(41)23-16-25-24-11-7-12-26-30(24)22(18-36-26)17-27(25)38(3)19-23)33(43)40-28(15-21-9-5-4-6-10-21)32(42)39-14-8-13-29(39)35(40,44)45-34/h4-7,9-12,16,18,20,23,27-29,36,44H,8,13-15,17,19H2,1-3H3,(H,37,41)/p+1/t23-,27+,28-,29+,34-,35-/m0/s1. The van der Waals surface area contributed by atoms with Gasteiger partial charge in [0.1, 0.15) is 24.0 Å². The van der Waals surface area contributed by atoms with Gasteiger partial charge in [0.2, 0.25) is 17.5 Å². The Hall–Kier alpha value is -3.99. The molecule has 1 aromatic heterocycles. The largest absolute Gasteiger partial charge is 0.361 e. The number of aromatic amines is 1. The van der Waals surface area contributed by atoms with Gasteiger partial charge in [-0.15, -0.1) is 0 Å². The second kappa shape index (κ2) is 10.0. The summed E-state index contributed by atoms with van der Waals surface area (Å²) in [6.07, 6.45) is 6.48. The zero-order chi connectivity index (χ0) is 31.2. The Morgan fingerprint density at radius 2 is 1.98 bits per heavy atom. The van der Waals surface area contributed by atoms with Crippen LogP contribution < -0.4 is 10.2 Å². The van der Waals surface area contributed by atoms with Crippen LogP contribution in [0.1, 0.15) is 43.4 Å². The van der Waals surface area contributed by atoms with E-state index in [-0.39, 0.29) is 24.3 Å². The minimum Gasteiger partial charge on any atom is -0.361 e. The van der Waals surface area contributed by atoms with Crippen molar-refractivity contribution in [1.82, 2.24) is 20.1 Å². The molecule has 0 saturated carbocycles. The Morgan fingerprint density at radius 1 is 1.18 bits per heavy atom. The lowest BCUT2D eigenvalue weighted by molar-refractivity contribution is -0.900. The molecule has 10 heteroatoms. The number of ether oxygens (including phenoxy) is 1. The molecule has 0 bridgehead atoms. The lowest BCUT2D eigenvalue weighted by Gasteiger charge is -2.48.